The first-order chi connectivity index (χ1) is 22.8. The number of amidine groups is 1. The van der Waals surface area contributed by atoms with Crippen LogP contribution in [0.2, 0.25) is 0 Å². The number of aliphatic imine (C=N–C) groups is 1. The molecular weight excluding hydrogens is 556 g/mol. The van der Waals surface area contributed by atoms with Crippen LogP contribution < -0.4 is 4.90 Å². The normalized spacial score (nSPS) is 14.9. The van der Waals surface area contributed by atoms with Crippen LogP contribution in [0.25, 0.3) is 54.6 Å². The Labute approximate surface area is 269 Å². The van der Waals surface area contributed by atoms with Gasteiger partial charge in [-0.2, -0.15) is 0 Å². The minimum absolute atomic E-state index is 0.595. The average molecular weight is 589 g/mol. The van der Waals surface area contributed by atoms with E-state index < -0.39 is 0 Å². The highest BCUT2D eigenvalue weighted by Crippen LogP contribution is 2.44. The number of rotatable bonds is 4. The van der Waals surface area contributed by atoms with Crippen molar-refractivity contribution in [1.29, 1.82) is 0 Å². The molecule has 7 aromatic carbocycles. The molecule has 0 radical (unpaired) electrons. The summed E-state index contributed by atoms with van der Waals surface area (Å²) in [4.78, 5) is 7.15. The predicted octanol–water partition coefficient (Wildman–Crippen LogP) is 11.4. The van der Waals surface area contributed by atoms with E-state index in [1.54, 1.807) is 0 Å². The van der Waals surface area contributed by atoms with Crippen molar-refractivity contribution < 1.29 is 0 Å². The quantitative estimate of drug-likeness (QED) is 0.187. The molecule has 8 rings (SSSR count). The van der Waals surface area contributed by atoms with Crippen molar-refractivity contribution in [3.63, 3.8) is 0 Å². The summed E-state index contributed by atoms with van der Waals surface area (Å²) in [6, 6.07) is 52.3. The highest BCUT2D eigenvalue weighted by Gasteiger charge is 2.20. The second kappa shape index (κ2) is 11.8. The van der Waals surface area contributed by atoms with E-state index in [2.05, 4.69) is 157 Å². The van der Waals surface area contributed by atoms with Gasteiger partial charge in [-0.05, 0) is 78.8 Å². The number of allylic oxidation sites excluding steroid dienone is 3. The van der Waals surface area contributed by atoms with Crippen molar-refractivity contribution in [1.82, 2.24) is 0 Å². The van der Waals surface area contributed by atoms with Gasteiger partial charge in [0.2, 0.25) is 0 Å². The van der Waals surface area contributed by atoms with E-state index in [-0.39, 0.29) is 0 Å². The third kappa shape index (κ3) is 4.91. The van der Waals surface area contributed by atoms with Gasteiger partial charge < -0.3 is 0 Å². The van der Waals surface area contributed by atoms with Gasteiger partial charge in [0.1, 0.15) is 5.84 Å². The fourth-order valence-electron chi connectivity index (χ4n) is 6.69. The van der Waals surface area contributed by atoms with Crippen LogP contribution in [0.5, 0.6) is 0 Å². The lowest BCUT2D eigenvalue weighted by Gasteiger charge is -2.27. The summed E-state index contributed by atoms with van der Waals surface area (Å²) in [6.07, 6.45) is 8.17. The summed E-state index contributed by atoms with van der Waals surface area (Å²) in [7, 11) is 0. The maximum absolute atomic E-state index is 5.00. The highest BCUT2D eigenvalue weighted by atomic mass is 15.2. The maximum Gasteiger partial charge on any atom is 0.140 e. The second-order valence-corrected chi connectivity index (χ2v) is 11.6. The van der Waals surface area contributed by atoms with Crippen LogP contribution in [0.3, 0.4) is 0 Å². The van der Waals surface area contributed by atoms with Gasteiger partial charge >= 0.3 is 0 Å². The number of hydrogen-bond donors (Lipinski definition) is 0. The smallest absolute Gasteiger partial charge is 0.140 e. The van der Waals surface area contributed by atoms with Crippen LogP contribution in [0.1, 0.15) is 5.56 Å². The molecular formula is C44H32N2. The summed E-state index contributed by atoms with van der Waals surface area (Å²) in [6.45, 7) is 5.03. The zero-order valence-corrected chi connectivity index (χ0v) is 25.5. The van der Waals surface area contributed by atoms with E-state index in [1.807, 2.05) is 24.3 Å². The summed E-state index contributed by atoms with van der Waals surface area (Å²) in [5.74, 6) is 0.880. The van der Waals surface area contributed by atoms with Gasteiger partial charge in [-0.15, -0.1) is 0 Å². The Kier molecular flexibility index (Phi) is 7.09. The molecule has 0 atom stereocenters. The Bertz CT molecular complexity index is 2280. The zero-order valence-electron chi connectivity index (χ0n) is 25.5. The van der Waals surface area contributed by atoms with E-state index in [0.29, 0.717) is 6.54 Å². The predicted molar refractivity (Wildman–Crippen MR) is 198 cm³/mol. The topological polar surface area (TPSA) is 15.6 Å². The summed E-state index contributed by atoms with van der Waals surface area (Å²) >= 11 is 0. The second-order valence-electron chi connectivity index (χ2n) is 11.6. The van der Waals surface area contributed by atoms with Gasteiger partial charge in [-0.25, -0.2) is 0 Å². The van der Waals surface area contributed by atoms with Gasteiger partial charge in [0.05, 0.1) is 6.54 Å². The van der Waals surface area contributed by atoms with Crippen molar-refractivity contribution >= 4 is 43.8 Å². The van der Waals surface area contributed by atoms with Crippen molar-refractivity contribution in [3.05, 3.63) is 188 Å². The summed E-state index contributed by atoms with van der Waals surface area (Å²) < 4.78 is 0. The van der Waals surface area contributed by atoms with Crippen LogP contribution in [0, 0.1) is 0 Å². The molecule has 46 heavy (non-hydrogen) atoms. The first kappa shape index (κ1) is 27.6. The zero-order chi connectivity index (χ0) is 30.9. The highest BCUT2D eigenvalue weighted by molar-refractivity contribution is 6.22. The Balaban J connectivity index is 1.30. The van der Waals surface area contributed by atoms with E-state index in [4.69, 9.17) is 4.99 Å². The molecule has 218 valence electrons. The van der Waals surface area contributed by atoms with Gasteiger partial charge in [-0.1, -0.05) is 152 Å². The molecule has 0 saturated carbocycles. The Morgan fingerprint density at radius 2 is 1.07 bits per heavy atom. The van der Waals surface area contributed by atoms with Crippen LogP contribution >= 0.6 is 0 Å². The molecule has 0 amide bonds. The molecule has 0 N–H and O–H groups in total. The summed E-state index contributed by atoms with van der Waals surface area (Å²) in [5, 5.41) is 7.48. The lowest BCUT2D eigenvalue weighted by atomic mass is 9.85. The molecule has 0 fully saturated rings. The molecule has 2 heteroatoms. The molecule has 7 aromatic rings. The molecule has 0 saturated heterocycles. The van der Waals surface area contributed by atoms with E-state index in [9.17, 15) is 0 Å². The van der Waals surface area contributed by atoms with Gasteiger partial charge in [0, 0.05) is 16.9 Å². The van der Waals surface area contributed by atoms with Gasteiger partial charge in [0.25, 0.3) is 0 Å². The monoisotopic (exact) mass is 588 g/mol. The maximum atomic E-state index is 5.00. The van der Waals surface area contributed by atoms with Gasteiger partial charge in [-0.3, -0.25) is 9.89 Å². The SMILES string of the molecule is C=C1/C=C\C=C/CN=C(c2ccccc2)N1c1ccc(-c2c3ccccc3c(-c3ccc4ccccc4c3)c3ccccc23)cc1. The van der Waals surface area contributed by atoms with Crippen LogP contribution in [-0.2, 0) is 0 Å². The third-order valence-corrected chi connectivity index (χ3v) is 8.80. The number of fused-ring (bicyclic) bond motifs is 3. The van der Waals surface area contributed by atoms with Crippen molar-refractivity contribution in [2.24, 2.45) is 4.99 Å². The van der Waals surface area contributed by atoms with E-state index in [1.165, 1.54) is 54.6 Å². The third-order valence-electron chi connectivity index (χ3n) is 8.80. The van der Waals surface area contributed by atoms with E-state index in [0.717, 1.165) is 22.8 Å². The van der Waals surface area contributed by atoms with Crippen LogP contribution in [0.4, 0.5) is 5.69 Å². The first-order valence-electron chi connectivity index (χ1n) is 15.7. The molecule has 0 unspecified atom stereocenters. The minimum Gasteiger partial charge on any atom is -0.295 e. The minimum atomic E-state index is 0.595. The number of anilines is 1. The fourth-order valence-corrected chi connectivity index (χ4v) is 6.69. The molecule has 0 aliphatic carbocycles. The standard InChI is InChI=1S/C44H32N2/c1-31-14-4-3-13-29-45-44(34-16-5-2-6-17-34)46(31)37-27-25-33(26-28-37)42-38-19-9-11-21-40(38)43(41-22-12-10-20-39(41)42)36-24-23-32-15-7-8-18-35(32)30-36/h2-28,30H,1,29H2/b13-3-,14-4-,45-44?. The Morgan fingerprint density at radius 3 is 1.74 bits per heavy atom. The fraction of sp³-hybridized carbons (Fsp3) is 0.0227. The lowest BCUT2D eigenvalue weighted by Crippen LogP contribution is -2.30. The lowest BCUT2D eigenvalue weighted by molar-refractivity contribution is 1.18. The Hall–Kier alpha value is -5.99. The molecule has 0 bridgehead atoms. The molecule has 0 spiro atoms. The Morgan fingerprint density at radius 1 is 0.500 bits per heavy atom. The molecule has 1 heterocycles. The number of nitrogens with zero attached hydrogens (tertiary/aromatic N) is 2. The first-order valence-corrected chi connectivity index (χ1v) is 15.7. The van der Waals surface area contributed by atoms with Crippen molar-refractivity contribution in [3.8, 4) is 22.3 Å². The molecule has 0 aromatic heterocycles. The largest absolute Gasteiger partial charge is 0.295 e. The van der Waals surface area contributed by atoms with Gasteiger partial charge in [0.15, 0.2) is 0 Å². The average Bonchev–Trinajstić information content (AvgIpc) is 3.21. The van der Waals surface area contributed by atoms with Crippen LogP contribution in [-0.4, -0.2) is 12.4 Å². The van der Waals surface area contributed by atoms with E-state index >= 15 is 0 Å². The number of benzene rings is 7. The molecule has 1 aliphatic rings. The number of hydrogen-bond acceptors (Lipinski definition) is 2. The molecule has 1 aliphatic heterocycles. The molecule has 2 nitrogen and oxygen atoms in total. The van der Waals surface area contributed by atoms with Crippen LogP contribution in [0.15, 0.2) is 187 Å². The summed E-state index contributed by atoms with van der Waals surface area (Å²) in [5.41, 5.74) is 7.85. The van der Waals surface area contributed by atoms with Crippen molar-refractivity contribution in [2.45, 2.75) is 0 Å². The van der Waals surface area contributed by atoms with Crippen molar-refractivity contribution in [2.75, 3.05) is 11.4 Å².